The van der Waals surface area contributed by atoms with E-state index in [0.29, 0.717) is 25.1 Å². The van der Waals surface area contributed by atoms with E-state index in [-0.39, 0.29) is 18.4 Å². The second-order valence-electron chi connectivity index (χ2n) is 6.17. The Labute approximate surface area is 150 Å². The maximum absolute atomic E-state index is 12.5. The van der Waals surface area contributed by atoms with E-state index >= 15 is 0 Å². The van der Waals surface area contributed by atoms with Gasteiger partial charge in [-0.3, -0.25) is 9.59 Å². The number of benzene rings is 1. The second kappa shape index (κ2) is 7.70. The number of rotatable bonds is 6. The fourth-order valence-corrected chi connectivity index (χ4v) is 4.10. The van der Waals surface area contributed by atoms with Gasteiger partial charge in [0.15, 0.2) is 0 Å². The van der Waals surface area contributed by atoms with Gasteiger partial charge in [-0.25, -0.2) is 0 Å². The molecule has 3 rings (SSSR count). The Morgan fingerprint density at radius 1 is 1.24 bits per heavy atom. The van der Waals surface area contributed by atoms with E-state index in [2.05, 4.69) is 0 Å². The Morgan fingerprint density at radius 3 is 2.72 bits per heavy atom. The van der Waals surface area contributed by atoms with Crippen LogP contribution in [0.15, 0.2) is 41.8 Å². The molecule has 132 valence electrons. The summed E-state index contributed by atoms with van der Waals surface area (Å²) in [6.45, 7) is 0.669. The number of para-hydroxylation sites is 1. The van der Waals surface area contributed by atoms with E-state index in [9.17, 15) is 14.7 Å². The Morgan fingerprint density at radius 2 is 2.04 bits per heavy atom. The zero-order valence-electron chi connectivity index (χ0n) is 14.1. The fourth-order valence-electron chi connectivity index (χ4n) is 3.39. The van der Waals surface area contributed by atoms with Crippen molar-refractivity contribution in [1.82, 2.24) is 4.90 Å². The van der Waals surface area contributed by atoms with Gasteiger partial charge < -0.3 is 14.7 Å². The topological polar surface area (TPSA) is 66.8 Å². The minimum absolute atomic E-state index is 0.0112. The van der Waals surface area contributed by atoms with Gasteiger partial charge in [0.25, 0.3) is 0 Å². The molecule has 6 heteroatoms. The van der Waals surface area contributed by atoms with Gasteiger partial charge >= 0.3 is 5.97 Å². The van der Waals surface area contributed by atoms with Crippen molar-refractivity contribution in [3.63, 3.8) is 0 Å². The van der Waals surface area contributed by atoms with Gasteiger partial charge in [0.1, 0.15) is 5.75 Å². The Hall–Kier alpha value is -2.34. The van der Waals surface area contributed by atoms with Crippen molar-refractivity contribution in [1.29, 1.82) is 0 Å². The number of aliphatic carboxylic acids is 1. The molecule has 25 heavy (non-hydrogen) atoms. The highest BCUT2D eigenvalue weighted by molar-refractivity contribution is 7.09. The van der Waals surface area contributed by atoms with Crippen LogP contribution in [0.5, 0.6) is 5.75 Å². The minimum atomic E-state index is -0.871. The molecule has 0 saturated carbocycles. The summed E-state index contributed by atoms with van der Waals surface area (Å²) in [7, 11) is 1.58. The third-order valence-electron chi connectivity index (χ3n) is 4.69. The van der Waals surface area contributed by atoms with Gasteiger partial charge in [-0.05, 0) is 29.5 Å². The molecule has 1 saturated heterocycles. The summed E-state index contributed by atoms with van der Waals surface area (Å²) in [5.74, 6) is -1.05. The Balaban J connectivity index is 1.74. The van der Waals surface area contributed by atoms with Gasteiger partial charge in [-0.1, -0.05) is 24.3 Å². The lowest BCUT2D eigenvalue weighted by Crippen LogP contribution is -2.30. The fraction of sp³-hybridized carbons (Fsp3) is 0.368. The molecule has 0 bridgehead atoms. The monoisotopic (exact) mass is 359 g/mol. The van der Waals surface area contributed by atoms with Crippen molar-refractivity contribution >= 4 is 23.2 Å². The first-order valence-corrected chi connectivity index (χ1v) is 9.14. The third kappa shape index (κ3) is 3.85. The van der Waals surface area contributed by atoms with Crippen molar-refractivity contribution in [2.24, 2.45) is 5.92 Å². The predicted molar refractivity (Wildman–Crippen MR) is 96.1 cm³/mol. The quantitative estimate of drug-likeness (QED) is 0.861. The summed E-state index contributed by atoms with van der Waals surface area (Å²) in [6, 6.07) is 11.4. The van der Waals surface area contributed by atoms with E-state index in [1.807, 2.05) is 41.8 Å². The van der Waals surface area contributed by atoms with Crippen LogP contribution >= 0.6 is 11.3 Å². The number of likely N-dealkylation sites (tertiary alicyclic amines) is 1. The molecule has 1 amide bonds. The maximum Gasteiger partial charge on any atom is 0.308 e. The molecule has 0 spiro atoms. The number of carbonyl (C=O) groups is 2. The van der Waals surface area contributed by atoms with Crippen LogP contribution in [0.25, 0.3) is 0 Å². The van der Waals surface area contributed by atoms with Crippen molar-refractivity contribution in [2.75, 3.05) is 20.2 Å². The highest BCUT2D eigenvalue weighted by atomic mass is 32.1. The molecule has 1 fully saturated rings. The molecule has 2 heterocycles. The van der Waals surface area contributed by atoms with Crippen molar-refractivity contribution in [3.8, 4) is 5.75 Å². The molecule has 1 aromatic heterocycles. The lowest BCUT2D eigenvalue weighted by molar-refractivity contribution is -0.141. The molecule has 1 aliphatic heterocycles. The van der Waals surface area contributed by atoms with Crippen LogP contribution in [0.3, 0.4) is 0 Å². The van der Waals surface area contributed by atoms with Gasteiger partial charge in [-0.15, -0.1) is 11.3 Å². The number of hydrogen-bond acceptors (Lipinski definition) is 4. The van der Waals surface area contributed by atoms with E-state index < -0.39 is 11.9 Å². The van der Waals surface area contributed by atoms with Gasteiger partial charge in [0.2, 0.25) is 5.91 Å². The average Bonchev–Trinajstić information content (AvgIpc) is 3.29. The van der Waals surface area contributed by atoms with Crippen LogP contribution in [0.1, 0.15) is 22.8 Å². The zero-order chi connectivity index (χ0) is 17.8. The number of carboxylic acid groups (broad SMARTS) is 1. The summed E-state index contributed by atoms with van der Waals surface area (Å²) in [6.07, 6.45) is 1.11. The van der Waals surface area contributed by atoms with Crippen LogP contribution in [0, 0.1) is 5.92 Å². The molecular formula is C19H21NO4S. The molecule has 0 aliphatic carbocycles. The number of carbonyl (C=O) groups excluding carboxylic acids is 1. The SMILES string of the molecule is COc1ccccc1[C@@H]1CN(C(=O)CCc2cccs2)C[C@H]1C(=O)O. The summed E-state index contributed by atoms with van der Waals surface area (Å²) in [5, 5.41) is 11.6. The number of aryl methyl sites for hydroxylation is 1. The predicted octanol–water partition coefficient (Wildman–Crippen LogP) is 3.02. The number of amides is 1. The zero-order valence-corrected chi connectivity index (χ0v) is 14.9. The van der Waals surface area contributed by atoms with Gasteiger partial charge in [0, 0.05) is 30.3 Å². The summed E-state index contributed by atoms with van der Waals surface area (Å²) >= 11 is 1.63. The maximum atomic E-state index is 12.5. The van der Waals surface area contributed by atoms with Crippen LogP contribution < -0.4 is 4.74 Å². The lowest BCUT2D eigenvalue weighted by Gasteiger charge is -2.18. The first kappa shape index (κ1) is 17.5. The van der Waals surface area contributed by atoms with E-state index in [4.69, 9.17) is 4.74 Å². The molecule has 2 aromatic rings. The molecule has 2 atom stereocenters. The number of nitrogens with zero attached hydrogens (tertiary/aromatic N) is 1. The van der Waals surface area contributed by atoms with Crippen molar-refractivity contribution < 1.29 is 19.4 Å². The van der Waals surface area contributed by atoms with E-state index in [1.54, 1.807) is 23.3 Å². The molecule has 1 aromatic carbocycles. The lowest BCUT2D eigenvalue weighted by atomic mass is 9.88. The van der Waals surface area contributed by atoms with Crippen LogP contribution in [0.2, 0.25) is 0 Å². The Kier molecular flexibility index (Phi) is 5.38. The molecule has 5 nitrogen and oxygen atoms in total. The van der Waals surface area contributed by atoms with E-state index in [1.165, 1.54) is 4.88 Å². The number of hydrogen-bond donors (Lipinski definition) is 1. The first-order chi connectivity index (χ1) is 12.1. The highest BCUT2D eigenvalue weighted by Gasteiger charge is 2.41. The van der Waals surface area contributed by atoms with Crippen LogP contribution in [-0.2, 0) is 16.0 Å². The third-order valence-corrected chi connectivity index (χ3v) is 5.63. The van der Waals surface area contributed by atoms with Crippen LogP contribution in [-0.4, -0.2) is 42.1 Å². The number of ether oxygens (including phenoxy) is 1. The average molecular weight is 359 g/mol. The first-order valence-electron chi connectivity index (χ1n) is 8.26. The number of methoxy groups -OCH3 is 1. The normalized spacial score (nSPS) is 19.8. The number of thiophene rings is 1. The standard InChI is InChI=1S/C19H21NO4S/c1-24-17-7-3-2-6-14(17)15-11-20(12-16(15)19(22)23)18(21)9-8-13-5-4-10-25-13/h2-7,10,15-16H,8-9,11-12H2,1H3,(H,22,23)/t15-,16+/m0/s1. The molecule has 0 unspecified atom stereocenters. The van der Waals surface area contributed by atoms with E-state index in [0.717, 1.165) is 5.56 Å². The Bertz CT molecular complexity index is 744. The summed E-state index contributed by atoms with van der Waals surface area (Å²) in [5.41, 5.74) is 0.853. The summed E-state index contributed by atoms with van der Waals surface area (Å²) in [4.78, 5) is 27.1. The van der Waals surface area contributed by atoms with Gasteiger partial charge in [0.05, 0.1) is 13.0 Å². The smallest absolute Gasteiger partial charge is 0.308 e. The molecular weight excluding hydrogens is 338 g/mol. The minimum Gasteiger partial charge on any atom is -0.496 e. The molecule has 1 aliphatic rings. The van der Waals surface area contributed by atoms with Gasteiger partial charge in [-0.2, -0.15) is 0 Å². The van der Waals surface area contributed by atoms with Crippen LogP contribution in [0.4, 0.5) is 0 Å². The molecule has 1 N–H and O–H groups in total. The highest BCUT2D eigenvalue weighted by Crippen LogP contribution is 2.37. The number of carboxylic acids is 1. The van der Waals surface area contributed by atoms with Crippen molar-refractivity contribution in [2.45, 2.75) is 18.8 Å². The molecule has 0 radical (unpaired) electrons. The summed E-state index contributed by atoms with van der Waals surface area (Å²) < 4.78 is 5.38. The largest absolute Gasteiger partial charge is 0.496 e. The van der Waals surface area contributed by atoms with Crippen molar-refractivity contribution in [3.05, 3.63) is 52.2 Å². The second-order valence-corrected chi connectivity index (χ2v) is 7.20.